The molecule has 2 aliphatic heterocycles. The molecule has 2 amide bonds. The summed E-state index contributed by atoms with van der Waals surface area (Å²) >= 11 is 0. The molecule has 0 bridgehead atoms. The first-order valence-electron chi connectivity index (χ1n) is 8.84. The van der Waals surface area contributed by atoms with Crippen LogP contribution >= 0.6 is 0 Å². The number of aryl methyl sites for hydroxylation is 2. The van der Waals surface area contributed by atoms with E-state index in [4.69, 9.17) is 0 Å². The van der Waals surface area contributed by atoms with Crippen molar-refractivity contribution in [3.8, 4) is 0 Å². The van der Waals surface area contributed by atoms with Crippen LogP contribution in [-0.2, 0) is 16.0 Å². The maximum Gasteiger partial charge on any atom is 0.228 e. The fourth-order valence-corrected chi connectivity index (χ4v) is 3.71. The summed E-state index contributed by atoms with van der Waals surface area (Å²) in [6, 6.07) is 6.14. The van der Waals surface area contributed by atoms with Gasteiger partial charge in [-0.05, 0) is 37.8 Å². The SMILES string of the molecule is CCc1cccc(C)c1N1C[C@@H](C(=O)N2CC=C(C)CC2)CC1=O. The quantitative estimate of drug-likeness (QED) is 0.801. The second kappa shape index (κ2) is 6.80. The van der Waals surface area contributed by atoms with E-state index in [0.29, 0.717) is 19.5 Å². The molecule has 4 heteroatoms. The van der Waals surface area contributed by atoms with E-state index in [0.717, 1.165) is 30.6 Å². The minimum atomic E-state index is -0.214. The molecule has 2 aliphatic rings. The lowest BCUT2D eigenvalue weighted by molar-refractivity contribution is -0.135. The number of carbonyl (C=O) groups excluding carboxylic acids is 2. The number of rotatable bonds is 3. The average Bonchev–Trinajstić information content (AvgIpc) is 2.96. The van der Waals surface area contributed by atoms with Gasteiger partial charge in [-0.15, -0.1) is 0 Å². The van der Waals surface area contributed by atoms with Gasteiger partial charge in [-0.2, -0.15) is 0 Å². The molecule has 1 saturated heterocycles. The zero-order valence-corrected chi connectivity index (χ0v) is 14.8. The van der Waals surface area contributed by atoms with E-state index in [1.54, 1.807) is 0 Å². The van der Waals surface area contributed by atoms with Gasteiger partial charge in [-0.25, -0.2) is 0 Å². The maximum absolute atomic E-state index is 12.8. The van der Waals surface area contributed by atoms with Gasteiger partial charge < -0.3 is 9.80 Å². The number of carbonyl (C=O) groups is 2. The monoisotopic (exact) mass is 326 g/mol. The van der Waals surface area contributed by atoms with E-state index >= 15 is 0 Å². The van der Waals surface area contributed by atoms with Crippen LogP contribution in [0.15, 0.2) is 29.8 Å². The van der Waals surface area contributed by atoms with Gasteiger partial charge in [0, 0.05) is 31.7 Å². The Balaban J connectivity index is 1.78. The largest absolute Gasteiger partial charge is 0.338 e. The molecule has 3 rings (SSSR count). The Morgan fingerprint density at radius 3 is 2.75 bits per heavy atom. The van der Waals surface area contributed by atoms with Crippen LogP contribution in [-0.4, -0.2) is 36.3 Å². The van der Waals surface area contributed by atoms with E-state index in [9.17, 15) is 9.59 Å². The van der Waals surface area contributed by atoms with Gasteiger partial charge in [0.1, 0.15) is 0 Å². The third-order valence-corrected chi connectivity index (χ3v) is 5.19. The number of para-hydroxylation sites is 1. The minimum absolute atomic E-state index is 0.0704. The highest BCUT2D eigenvalue weighted by Crippen LogP contribution is 2.32. The van der Waals surface area contributed by atoms with Gasteiger partial charge in [-0.1, -0.05) is 36.8 Å². The molecule has 1 aromatic rings. The van der Waals surface area contributed by atoms with Gasteiger partial charge in [0.2, 0.25) is 11.8 Å². The number of hydrogen-bond acceptors (Lipinski definition) is 2. The third kappa shape index (κ3) is 3.10. The van der Waals surface area contributed by atoms with Crippen molar-refractivity contribution in [2.75, 3.05) is 24.5 Å². The van der Waals surface area contributed by atoms with Crippen LogP contribution < -0.4 is 4.90 Å². The van der Waals surface area contributed by atoms with Crippen molar-refractivity contribution in [1.29, 1.82) is 0 Å². The topological polar surface area (TPSA) is 40.6 Å². The van der Waals surface area contributed by atoms with Crippen molar-refractivity contribution in [2.45, 2.75) is 40.0 Å². The Kier molecular flexibility index (Phi) is 4.74. The Labute approximate surface area is 144 Å². The predicted octanol–water partition coefficient (Wildman–Crippen LogP) is 3.09. The fourth-order valence-electron chi connectivity index (χ4n) is 3.71. The van der Waals surface area contributed by atoms with Crippen molar-refractivity contribution in [3.63, 3.8) is 0 Å². The molecular formula is C20H26N2O2. The van der Waals surface area contributed by atoms with Gasteiger partial charge in [-0.3, -0.25) is 9.59 Å². The highest BCUT2D eigenvalue weighted by atomic mass is 16.2. The Bertz CT molecular complexity index is 693. The molecule has 0 aliphatic carbocycles. The lowest BCUT2D eigenvalue weighted by Crippen LogP contribution is -2.40. The van der Waals surface area contributed by atoms with E-state index < -0.39 is 0 Å². The third-order valence-electron chi connectivity index (χ3n) is 5.19. The lowest BCUT2D eigenvalue weighted by atomic mass is 10.0. The molecule has 1 atom stereocenters. The van der Waals surface area contributed by atoms with Gasteiger partial charge in [0.15, 0.2) is 0 Å². The van der Waals surface area contributed by atoms with E-state index in [1.165, 1.54) is 11.1 Å². The van der Waals surface area contributed by atoms with Crippen LogP contribution in [0.4, 0.5) is 5.69 Å². The molecule has 0 aromatic heterocycles. The van der Waals surface area contributed by atoms with Crippen LogP contribution in [0, 0.1) is 12.8 Å². The first-order chi connectivity index (χ1) is 11.5. The summed E-state index contributed by atoms with van der Waals surface area (Å²) in [5.41, 5.74) is 4.63. The number of hydrogen-bond donors (Lipinski definition) is 0. The van der Waals surface area contributed by atoms with E-state index in [2.05, 4.69) is 26.0 Å². The van der Waals surface area contributed by atoms with Gasteiger partial charge >= 0.3 is 0 Å². The van der Waals surface area contributed by atoms with Crippen LogP contribution in [0.3, 0.4) is 0 Å². The van der Waals surface area contributed by atoms with Crippen LogP contribution in [0.5, 0.6) is 0 Å². The summed E-state index contributed by atoms with van der Waals surface area (Å²) in [6.07, 6.45) is 4.27. The smallest absolute Gasteiger partial charge is 0.228 e. The first kappa shape index (κ1) is 16.7. The van der Waals surface area contributed by atoms with Crippen molar-refractivity contribution in [2.24, 2.45) is 5.92 Å². The van der Waals surface area contributed by atoms with E-state index in [1.807, 2.05) is 28.9 Å². The molecule has 4 nitrogen and oxygen atoms in total. The Hall–Kier alpha value is -2.10. The maximum atomic E-state index is 12.8. The Morgan fingerprint density at radius 2 is 2.08 bits per heavy atom. The summed E-state index contributed by atoms with van der Waals surface area (Å²) in [5.74, 6) is -0.0177. The van der Waals surface area contributed by atoms with Gasteiger partial charge in [0.25, 0.3) is 0 Å². The number of anilines is 1. The van der Waals surface area contributed by atoms with Crippen molar-refractivity contribution < 1.29 is 9.59 Å². The van der Waals surface area contributed by atoms with Crippen molar-refractivity contribution in [3.05, 3.63) is 41.0 Å². The second-order valence-corrected chi connectivity index (χ2v) is 6.93. The number of benzene rings is 1. The molecular weight excluding hydrogens is 300 g/mol. The summed E-state index contributed by atoms with van der Waals surface area (Å²) in [5, 5.41) is 0. The molecule has 0 unspecified atom stereocenters. The van der Waals surface area contributed by atoms with E-state index in [-0.39, 0.29) is 17.7 Å². The molecule has 0 radical (unpaired) electrons. The molecule has 128 valence electrons. The molecule has 24 heavy (non-hydrogen) atoms. The summed E-state index contributed by atoms with van der Waals surface area (Å²) in [4.78, 5) is 29.1. The second-order valence-electron chi connectivity index (χ2n) is 6.93. The van der Waals surface area contributed by atoms with Crippen LogP contribution in [0.25, 0.3) is 0 Å². The molecule has 2 heterocycles. The van der Waals surface area contributed by atoms with Crippen molar-refractivity contribution in [1.82, 2.24) is 4.90 Å². The van der Waals surface area contributed by atoms with Crippen molar-refractivity contribution >= 4 is 17.5 Å². The predicted molar refractivity (Wildman–Crippen MR) is 96.0 cm³/mol. The average molecular weight is 326 g/mol. The number of amides is 2. The molecule has 0 N–H and O–H groups in total. The summed E-state index contributed by atoms with van der Waals surface area (Å²) in [7, 11) is 0. The fraction of sp³-hybridized carbons (Fsp3) is 0.500. The van der Waals surface area contributed by atoms with Crippen LogP contribution in [0.1, 0.15) is 37.8 Å². The lowest BCUT2D eigenvalue weighted by Gasteiger charge is -2.28. The van der Waals surface area contributed by atoms with Crippen LogP contribution in [0.2, 0.25) is 0 Å². The molecule has 0 saturated carbocycles. The standard InChI is InChI=1S/C20H26N2O2/c1-4-16-7-5-6-15(3)19(16)22-13-17(12-18(22)23)20(24)21-10-8-14(2)9-11-21/h5-8,17H,4,9-13H2,1-3H3/t17-/m0/s1. The zero-order valence-electron chi connectivity index (χ0n) is 14.8. The van der Waals surface area contributed by atoms with Gasteiger partial charge in [0.05, 0.1) is 5.92 Å². The minimum Gasteiger partial charge on any atom is -0.338 e. The summed E-state index contributed by atoms with van der Waals surface area (Å²) < 4.78 is 0. The molecule has 0 spiro atoms. The highest BCUT2D eigenvalue weighted by Gasteiger charge is 2.38. The Morgan fingerprint density at radius 1 is 1.29 bits per heavy atom. The zero-order chi connectivity index (χ0) is 17.3. The normalized spacial score (nSPS) is 21.2. The molecule has 1 fully saturated rings. The number of nitrogens with zero attached hydrogens (tertiary/aromatic N) is 2. The summed E-state index contributed by atoms with van der Waals surface area (Å²) in [6.45, 7) is 8.21. The highest BCUT2D eigenvalue weighted by molar-refractivity contribution is 6.01. The molecule has 1 aromatic carbocycles. The first-order valence-corrected chi connectivity index (χ1v) is 8.84.